The first kappa shape index (κ1) is 18.5. The third kappa shape index (κ3) is 5.35. The molecule has 0 bridgehead atoms. The van der Waals surface area contributed by atoms with Gasteiger partial charge in [0.15, 0.2) is 0 Å². The zero-order valence-corrected chi connectivity index (χ0v) is 15.4. The number of H-pyrrole nitrogens is 1. The molecule has 1 saturated carbocycles. The van der Waals surface area contributed by atoms with E-state index in [4.69, 9.17) is 4.74 Å². The summed E-state index contributed by atoms with van der Waals surface area (Å²) in [6, 6.07) is 9.11. The molecule has 2 N–H and O–H groups in total. The van der Waals surface area contributed by atoms with Gasteiger partial charge in [-0.25, -0.2) is 0 Å². The van der Waals surface area contributed by atoms with Gasteiger partial charge in [0.1, 0.15) is 5.75 Å². The average Bonchev–Trinajstić information content (AvgIpc) is 3.11. The number of nitrogens with one attached hydrogen (secondary N) is 2. The van der Waals surface area contributed by atoms with Gasteiger partial charge >= 0.3 is 0 Å². The van der Waals surface area contributed by atoms with E-state index in [2.05, 4.69) is 17.2 Å². The fraction of sp³-hybridized carbons (Fsp3) is 0.524. The van der Waals surface area contributed by atoms with Gasteiger partial charge in [-0.1, -0.05) is 25.7 Å². The lowest BCUT2D eigenvalue weighted by Gasteiger charge is -2.17. The fourth-order valence-electron chi connectivity index (χ4n) is 3.80. The lowest BCUT2D eigenvalue weighted by Crippen LogP contribution is -2.33. The molecule has 1 aromatic carbocycles. The Morgan fingerprint density at radius 3 is 2.88 bits per heavy atom. The van der Waals surface area contributed by atoms with E-state index in [0.717, 1.165) is 29.0 Å². The Balaban J connectivity index is 1.37. The molecule has 3 rings (SSSR count). The van der Waals surface area contributed by atoms with Crippen molar-refractivity contribution in [3.05, 3.63) is 40.7 Å². The minimum absolute atomic E-state index is 0.107. The van der Waals surface area contributed by atoms with E-state index in [1.165, 1.54) is 31.7 Å². The van der Waals surface area contributed by atoms with Crippen LogP contribution in [0.2, 0.25) is 0 Å². The summed E-state index contributed by atoms with van der Waals surface area (Å²) >= 11 is 0. The van der Waals surface area contributed by atoms with E-state index >= 15 is 0 Å². The number of aromatic nitrogens is 1. The van der Waals surface area contributed by atoms with Gasteiger partial charge in [0.2, 0.25) is 11.5 Å². The third-order valence-electron chi connectivity index (χ3n) is 5.08. The fourth-order valence-corrected chi connectivity index (χ4v) is 3.80. The predicted molar refractivity (Wildman–Crippen MR) is 103 cm³/mol. The first-order chi connectivity index (χ1) is 12.6. The van der Waals surface area contributed by atoms with Crippen LogP contribution in [0.15, 0.2) is 35.1 Å². The highest BCUT2D eigenvalue weighted by Gasteiger charge is 2.18. The molecule has 1 unspecified atom stereocenters. The Hall–Kier alpha value is -2.30. The van der Waals surface area contributed by atoms with E-state index in [1.807, 2.05) is 18.2 Å². The lowest BCUT2D eigenvalue weighted by atomic mass is 9.99. The maximum atomic E-state index is 12.0. The van der Waals surface area contributed by atoms with Gasteiger partial charge in [0, 0.05) is 29.4 Å². The second-order valence-electron chi connectivity index (χ2n) is 7.38. The minimum Gasteiger partial charge on any atom is -0.494 e. The molecule has 0 spiro atoms. The highest BCUT2D eigenvalue weighted by atomic mass is 16.5. The molecule has 1 aromatic heterocycles. The molecule has 0 radical (unpaired) electrons. The Morgan fingerprint density at radius 2 is 2.08 bits per heavy atom. The van der Waals surface area contributed by atoms with E-state index in [-0.39, 0.29) is 17.5 Å². The number of aromatic amines is 1. The van der Waals surface area contributed by atoms with Crippen molar-refractivity contribution in [2.45, 2.75) is 57.9 Å². The topological polar surface area (TPSA) is 71.2 Å². The van der Waals surface area contributed by atoms with Gasteiger partial charge < -0.3 is 15.0 Å². The Kier molecular flexibility index (Phi) is 6.31. The van der Waals surface area contributed by atoms with Crippen LogP contribution >= 0.6 is 0 Å². The third-order valence-corrected chi connectivity index (χ3v) is 5.08. The molecule has 5 nitrogen and oxygen atoms in total. The molecular weight excluding hydrogens is 328 g/mol. The van der Waals surface area contributed by atoms with Gasteiger partial charge in [0.25, 0.3) is 0 Å². The first-order valence-corrected chi connectivity index (χ1v) is 9.65. The van der Waals surface area contributed by atoms with Crippen molar-refractivity contribution < 1.29 is 9.53 Å². The first-order valence-electron chi connectivity index (χ1n) is 9.65. The number of pyridine rings is 1. The van der Waals surface area contributed by atoms with Gasteiger partial charge in [-0.05, 0) is 49.9 Å². The van der Waals surface area contributed by atoms with Crippen LogP contribution < -0.4 is 15.6 Å². The number of carbonyl (C=O) groups excluding carboxylic acids is 1. The number of benzene rings is 1. The summed E-state index contributed by atoms with van der Waals surface area (Å²) < 4.78 is 5.74. The minimum atomic E-state index is -0.112. The number of ether oxygens (including phenoxy) is 1. The summed E-state index contributed by atoms with van der Waals surface area (Å²) in [6.45, 7) is 2.60. The van der Waals surface area contributed by atoms with Gasteiger partial charge in [-0.2, -0.15) is 0 Å². The van der Waals surface area contributed by atoms with Crippen LogP contribution in [0.5, 0.6) is 5.75 Å². The van der Waals surface area contributed by atoms with Gasteiger partial charge in [0.05, 0.1) is 6.61 Å². The van der Waals surface area contributed by atoms with Crippen molar-refractivity contribution in [3.8, 4) is 5.75 Å². The summed E-state index contributed by atoms with van der Waals surface area (Å²) in [5, 5.41) is 4.04. The van der Waals surface area contributed by atoms with Crippen molar-refractivity contribution in [3.63, 3.8) is 0 Å². The summed E-state index contributed by atoms with van der Waals surface area (Å²) in [7, 11) is 0. The van der Waals surface area contributed by atoms with Crippen molar-refractivity contribution >= 4 is 16.8 Å². The number of hydrogen-bond donors (Lipinski definition) is 2. The number of fused-ring (bicyclic) bond motifs is 1. The molecule has 2 aromatic rings. The molecule has 1 heterocycles. The lowest BCUT2D eigenvalue weighted by molar-refractivity contribution is -0.122. The van der Waals surface area contributed by atoms with Crippen LogP contribution in [0.25, 0.3) is 10.9 Å². The second kappa shape index (κ2) is 8.88. The summed E-state index contributed by atoms with van der Waals surface area (Å²) in [5.74, 6) is 1.64. The van der Waals surface area contributed by atoms with E-state index in [9.17, 15) is 9.59 Å². The highest BCUT2D eigenvalue weighted by molar-refractivity contribution is 5.79. The molecule has 1 aliphatic rings. The molecule has 1 amide bonds. The maximum Gasteiger partial charge on any atom is 0.248 e. The van der Waals surface area contributed by atoms with Crippen LogP contribution in [0.3, 0.4) is 0 Å². The number of hydrogen-bond acceptors (Lipinski definition) is 3. The highest BCUT2D eigenvalue weighted by Crippen LogP contribution is 2.28. The largest absolute Gasteiger partial charge is 0.494 e. The van der Waals surface area contributed by atoms with E-state index in [1.54, 1.807) is 6.07 Å². The van der Waals surface area contributed by atoms with Crippen molar-refractivity contribution in [1.29, 1.82) is 0 Å². The van der Waals surface area contributed by atoms with Crippen LogP contribution in [0, 0.1) is 5.92 Å². The Labute approximate surface area is 154 Å². The zero-order valence-electron chi connectivity index (χ0n) is 15.4. The molecule has 0 saturated heterocycles. The summed E-state index contributed by atoms with van der Waals surface area (Å²) in [4.78, 5) is 26.1. The Morgan fingerprint density at radius 1 is 1.27 bits per heavy atom. The van der Waals surface area contributed by atoms with E-state index in [0.29, 0.717) is 19.4 Å². The predicted octanol–water partition coefficient (Wildman–Crippen LogP) is 3.77. The number of amides is 1. The molecule has 26 heavy (non-hydrogen) atoms. The molecule has 0 aliphatic heterocycles. The van der Waals surface area contributed by atoms with Gasteiger partial charge in [-0.15, -0.1) is 0 Å². The number of rotatable bonds is 8. The molecule has 1 atom stereocenters. The van der Waals surface area contributed by atoms with E-state index < -0.39 is 0 Å². The molecular formula is C21H28N2O3. The van der Waals surface area contributed by atoms with Crippen LogP contribution in [-0.2, 0) is 4.79 Å². The SMILES string of the molecule is CC(CC1CCCC1)NC(=O)CCCOc1ccc2[nH]c(=O)ccc2c1. The summed E-state index contributed by atoms with van der Waals surface area (Å²) in [5.41, 5.74) is 0.680. The quantitative estimate of drug-likeness (QED) is 0.707. The average molecular weight is 356 g/mol. The number of carbonyl (C=O) groups is 1. The van der Waals surface area contributed by atoms with Crippen LogP contribution in [0.1, 0.15) is 51.9 Å². The molecule has 1 aliphatic carbocycles. The zero-order chi connectivity index (χ0) is 18.4. The Bertz CT molecular complexity index is 793. The van der Waals surface area contributed by atoms with Crippen LogP contribution in [0.4, 0.5) is 0 Å². The molecule has 5 heteroatoms. The maximum absolute atomic E-state index is 12.0. The normalized spacial score (nSPS) is 15.9. The van der Waals surface area contributed by atoms with Gasteiger partial charge in [-0.3, -0.25) is 9.59 Å². The monoisotopic (exact) mass is 356 g/mol. The smallest absolute Gasteiger partial charge is 0.248 e. The van der Waals surface area contributed by atoms with Crippen molar-refractivity contribution in [2.75, 3.05) is 6.61 Å². The van der Waals surface area contributed by atoms with Crippen LogP contribution in [-0.4, -0.2) is 23.5 Å². The second-order valence-corrected chi connectivity index (χ2v) is 7.38. The molecule has 140 valence electrons. The molecule has 1 fully saturated rings. The standard InChI is InChI=1S/C21H28N2O3/c1-15(13-16-5-2-3-6-16)22-20(24)7-4-12-26-18-9-10-19-17(14-18)8-11-21(25)23-19/h8-11,14-16H,2-7,12-13H2,1H3,(H,22,24)(H,23,25). The van der Waals surface area contributed by atoms with Crippen molar-refractivity contribution in [2.24, 2.45) is 5.92 Å². The summed E-state index contributed by atoms with van der Waals surface area (Å²) in [6.07, 6.45) is 7.57. The van der Waals surface area contributed by atoms with Crippen molar-refractivity contribution in [1.82, 2.24) is 10.3 Å².